The molecule has 0 radical (unpaired) electrons. The van der Waals surface area contributed by atoms with E-state index in [-0.39, 0.29) is 5.91 Å². The molecule has 0 unspecified atom stereocenters. The highest BCUT2D eigenvalue weighted by Gasteiger charge is 2.14. The van der Waals surface area contributed by atoms with E-state index in [1.807, 2.05) is 50.4 Å². The van der Waals surface area contributed by atoms with Crippen molar-refractivity contribution in [3.05, 3.63) is 81.2 Å². The zero-order chi connectivity index (χ0) is 26.2. The van der Waals surface area contributed by atoms with E-state index < -0.39 is 0 Å². The van der Waals surface area contributed by atoms with Crippen LogP contribution in [0, 0.1) is 6.92 Å². The SMILES string of the molecule is CC.Cc1c(NC(=O)Cc2cccs2)ccc2[nH]nc(/C=C/c3cccc(CN4CCN(C)CC4)c3)c12. The van der Waals surface area contributed by atoms with E-state index in [1.165, 1.54) is 5.56 Å². The van der Waals surface area contributed by atoms with Gasteiger partial charge < -0.3 is 10.2 Å². The lowest BCUT2D eigenvalue weighted by Crippen LogP contribution is -2.43. The second-order valence-corrected chi connectivity index (χ2v) is 10.3. The fourth-order valence-corrected chi connectivity index (χ4v) is 5.27. The molecule has 0 spiro atoms. The Hall–Kier alpha value is -3.26. The number of anilines is 1. The highest BCUT2D eigenvalue weighted by Crippen LogP contribution is 2.28. The number of hydrogen-bond acceptors (Lipinski definition) is 5. The number of piperazine rings is 1. The fourth-order valence-electron chi connectivity index (χ4n) is 4.57. The van der Waals surface area contributed by atoms with Gasteiger partial charge in [-0.05, 0) is 60.3 Å². The Kier molecular flexibility index (Phi) is 9.28. The lowest BCUT2D eigenvalue weighted by Gasteiger charge is -2.32. The first-order valence-corrected chi connectivity index (χ1v) is 13.9. The highest BCUT2D eigenvalue weighted by molar-refractivity contribution is 7.10. The highest BCUT2D eigenvalue weighted by atomic mass is 32.1. The van der Waals surface area contributed by atoms with E-state index in [2.05, 4.69) is 68.8 Å². The van der Waals surface area contributed by atoms with Crippen LogP contribution in [0.15, 0.2) is 53.9 Å². The predicted molar refractivity (Wildman–Crippen MR) is 157 cm³/mol. The molecule has 194 valence electrons. The number of nitrogens with one attached hydrogen (secondary N) is 2. The number of hydrogen-bond donors (Lipinski definition) is 2. The summed E-state index contributed by atoms with van der Waals surface area (Å²) in [6, 6.07) is 16.6. The third-order valence-electron chi connectivity index (χ3n) is 6.59. The Morgan fingerprint density at radius 3 is 2.65 bits per heavy atom. The second kappa shape index (κ2) is 12.8. The van der Waals surface area contributed by atoms with Crippen molar-refractivity contribution in [3.63, 3.8) is 0 Å². The van der Waals surface area contributed by atoms with Crippen molar-refractivity contribution in [1.82, 2.24) is 20.0 Å². The van der Waals surface area contributed by atoms with Crippen molar-refractivity contribution >= 4 is 46.0 Å². The van der Waals surface area contributed by atoms with Crippen LogP contribution >= 0.6 is 11.3 Å². The molecule has 0 saturated carbocycles. The van der Waals surface area contributed by atoms with Crippen LogP contribution in [0.2, 0.25) is 0 Å². The van der Waals surface area contributed by atoms with Crippen LogP contribution in [0.5, 0.6) is 0 Å². The summed E-state index contributed by atoms with van der Waals surface area (Å²) in [7, 11) is 2.19. The summed E-state index contributed by atoms with van der Waals surface area (Å²) in [6.45, 7) is 11.5. The van der Waals surface area contributed by atoms with Gasteiger partial charge in [-0.25, -0.2) is 0 Å². The standard InChI is InChI=1S/C28H31N5OS.C2H6/c1-20-24(29-27(34)18-23-7-4-16-35-23)10-11-26-28(20)25(30-31-26)9-8-21-5-3-6-22(17-21)19-33-14-12-32(2)13-15-33;1-2/h3-11,16-17H,12-15,18-19H2,1-2H3,(H,29,34)(H,30,31);1-2H3/b9-8+;. The smallest absolute Gasteiger partial charge is 0.229 e. The fraction of sp³-hybridized carbons (Fsp3) is 0.333. The van der Waals surface area contributed by atoms with Crippen molar-refractivity contribution in [2.45, 2.75) is 33.7 Å². The van der Waals surface area contributed by atoms with Gasteiger partial charge in [0.1, 0.15) is 0 Å². The van der Waals surface area contributed by atoms with Crippen LogP contribution in [0.25, 0.3) is 23.1 Å². The minimum atomic E-state index is -0.00680. The minimum Gasteiger partial charge on any atom is -0.326 e. The number of nitrogens with zero attached hydrogens (tertiary/aromatic N) is 3. The number of likely N-dealkylation sites (N-methyl/N-ethyl adjacent to an activating group) is 1. The van der Waals surface area contributed by atoms with E-state index >= 15 is 0 Å². The zero-order valence-electron chi connectivity index (χ0n) is 22.3. The summed E-state index contributed by atoms with van der Waals surface area (Å²) < 4.78 is 0. The molecule has 1 saturated heterocycles. The third-order valence-corrected chi connectivity index (χ3v) is 7.47. The normalized spacial score (nSPS) is 14.6. The Balaban J connectivity index is 0.00000156. The third kappa shape index (κ3) is 6.95. The molecule has 0 aliphatic carbocycles. The molecular formula is C30H37N5OS. The predicted octanol–water partition coefficient (Wildman–Crippen LogP) is 6.06. The number of aromatic nitrogens is 2. The molecule has 6 nitrogen and oxygen atoms in total. The number of thiophene rings is 1. The first-order valence-electron chi connectivity index (χ1n) is 13.0. The Labute approximate surface area is 224 Å². The number of aromatic amines is 1. The molecule has 4 aromatic rings. The van der Waals surface area contributed by atoms with E-state index in [0.29, 0.717) is 6.42 Å². The van der Waals surface area contributed by atoms with Crippen LogP contribution in [0.3, 0.4) is 0 Å². The van der Waals surface area contributed by atoms with Gasteiger partial charge in [0.25, 0.3) is 0 Å². The number of rotatable bonds is 7. The maximum absolute atomic E-state index is 12.5. The van der Waals surface area contributed by atoms with Crippen LogP contribution in [-0.2, 0) is 17.8 Å². The first-order chi connectivity index (χ1) is 18.0. The lowest BCUT2D eigenvalue weighted by molar-refractivity contribution is -0.115. The van der Waals surface area contributed by atoms with E-state index in [0.717, 1.165) is 71.0 Å². The molecule has 5 rings (SSSR count). The van der Waals surface area contributed by atoms with Crippen molar-refractivity contribution < 1.29 is 4.79 Å². The van der Waals surface area contributed by atoms with Gasteiger partial charge in [0.05, 0.1) is 17.6 Å². The van der Waals surface area contributed by atoms with E-state index in [4.69, 9.17) is 0 Å². The van der Waals surface area contributed by atoms with Crippen LogP contribution in [0.1, 0.15) is 41.1 Å². The number of H-pyrrole nitrogens is 1. The molecule has 37 heavy (non-hydrogen) atoms. The topological polar surface area (TPSA) is 64.3 Å². The van der Waals surface area contributed by atoms with Gasteiger partial charge in [-0.2, -0.15) is 5.10 Å². The second-order valence-electron chi connectivity index (χ2n) is 9.23. The van der Waals surface area contributed by atoms with Crippen molar-refractivity contribution in [2.24, 2.45) is 0 Å². The summed E-state index contributed by atoms with van der Waals surface area (Å²) >= 11 is 1.60. The Morgan fingerprint density at radius 1 is 1.08 bits per heavy atom. The molecule has 3 heterocycles. The number of fused-ring (bicyclic) bond motifs is 1. The summed E-state index contributed by atoms with van der Waals surface area (Å²) in [6.07, 6.45) is 4.56. The summed E-state index contributed by atoms with van der Waals surface area (Å²) in [5.74, 6) is -0.00680. The van der Waals surface area contributed by atoms with Crippen molar-refractivity contribution in [1.29, 1.82) is 0 Å². The molecule has 7 heteroatoms. The maximum Gasteiger partial charge on any atom is 0.229 e. The number of aryl methyl sites for hydroxylation is 1. The summed E-state index contributed by atoms with van der Waals surface area (Å²) in [4.78, 5) is 18.5. The Morgan fingerprint density at radius 2 is 1.89 bits per heavy atom. The molecule has 0 atom stereocenters. The van der Waals surface area contributed by atoms with Gasteiger partial charge in [0, 0.05) is 48.7 Å². The van der Waals surface area contributed by atoms with Crippen molar-refractivity contribution in [2.75, 3.05) is 38.5 Å². The minimum absolute atomic E-state index is 0.00680. The molecule has 0 bridgehead atoms. The van der Waals surface area contributed by atoms with Crippen LogP contribution < -0.4 is 5.32 Å². The average Bonchev–Trinajstić information content (AvgIpc) is 3.57. The number of amides is 1. The lowest BCUT2D eigenvalue weighted by atomic mass is 10.0. The molecular weight excluding hydrogens is 478 g/mol. The van der Waals surface area contributed by atoms with Gasteiger partial charge in [0.15, 0.2) is 0 Å². The molecule has 1 aliphatic heterocycles. The largest absolute Gasteiger partial charge is 0.326 e. The molecule has 1 aliphatic rings. The number of carbonyl (C=O) groups is 1. The van der Waals surface area contributed by atoms with Crippen molar-refractivity contribution in [3.8, 4) is 0 Å². The van der Waals surface area contributed by atoms with E-state index in [9.17, 15) is 4.79 Å². The Bertz CT molecular complexity index is 1330. The summed E-state index contributed by atoms with van der Waals surface area (Å²) in [5, 5.41) is 13.8. The molecule has 2 aromatic heterocycles. The molecule has 1 amide bonds. The van der Waals surface area contributed by atoms with Gasteiger partial charge in [-0.1, -0.05) is 50.3 Å². The molecule has 2 N–H and O–H groups in total. The van der Waals surface area contributed by atoms with Gasteiger partial charge in [0.2, 0.25) is 5.91 Å². The monoisotopic (exact) mass is 515 g/mol. The quantitative estimate of drug-likeness (QED) is 0.314. The summed E-state index contributed by atoms with van der Waals surface area (Å²) in [5.41, 5.74) is 6.16. The van der Waals surface area contributed by atoms with Gasteiger partial charge in [-0.3, -0.25) is 14.8 Å². The number of benzene rings is 2. The zero-order valence-corrected chi connectivity index (χ0v) is 23.1. The van der Waals surface area contributed by atoms with Gasteiger partial charge >= 0.3 is 0 Å². The van der Waals surface area contributed by atoms with Gasteiger partial charge in [-0.15, -0.1) is 11.3 Å². The maximum atomic E-state index is 12.5. The van der Waals surface area contributed by atoms with Crippen LogP contribution in [0.4, 0.5) is 5.69 Å². The molecule has 1 fully saturated rings. The number of carbonyl (C=O) groups excluding carboxylic acids is 1. The average molecular weight is 516 g/mol. The van der Waals surface area contributed by atoms with Crippen LogP contribution in [-0.4, -0.2) is 59.1 Å². The first kappa shape index (κ1) is 26.8. The van der Waals surface area contributed by atoms with E-state index in [1.54, 1.807) is 11.3 Å². The molecule has 2 aromatic carbocycles.